The normalized spacial score (nSPS) is 18.6. The fourth-order valence-corrected chi connectivity index (χ4v) is 6.55. The SMILES string of the molecule is COCCN1CCN(C(=O)Cn2cc(-c3cnc4c(Nc5cc(CN6CCCC(C)C6)ns5)nc(C)cn34)cn2)CC1. The number of nitrogens with one attached hydrogen (secondary N) is 1. The molecule has 0 radical (unpaired) electrons. The third-order valence-electron chi connectivity index (χ3n) is 8.10. The molecule has 1 unspecified atom stereocenters. The van der Waals surface area contributed by atoms with Gasteiger partial charge in [0.1, 0.15) is 11.5 Å². The van der Waals surface area contributed by atoms with E-state index in [0.29, 0.717) is 12.4 Å². The molecule has 2 aliphatic heterocycles. The molecule has 2 fully saturated rings. The van der Waals surface area contributed by atoms with E-state index in [1.54, 1.807) is 18.0 Å². The topological polar surface area (TPSA) is 109 Å². The Labute approximate surface area is 250 Å². The van der Waals surface area contributed by atoms with Crippen LogP contribution >= 0.6 is 11.5 Å². The predicted molar refractivity (Wildman–Crippen MR) is 163 cm³/mol. The highest BCUT2D eigenvalue weighted by Gasteiger charge is 2.22. The molecule has 0 saturated carbocycles. The standard InChI is InChI=1S/C29H40N10O2S/c1-21-5-4-6-36(16-21)19-24-13-26(42-34-24)33-28-29-30-15-25(39(29)17-22(2)32-28)23-14-31-38(18-23)20-27(40)37-9-7-35(8-10-37)11-12-41-3/h13-15,17-18,21H,4-12,16,19-20H2,1-3H3,(H,32,33). The molecule has 2 saturated heterocycles. The van der Waals surface area contributed by atoms with Gasteiger partial charge in [0.25, 0.3) is 0 Å². The maximum absolute atomic E-state index is 13.0. The monoisotopic (exact) mass is 592 g/mol. The summed E-state index contributed by atoms with van der Waals surface area (Å²) < 4.78 is 13.6. The van der Waals surface area contributed by atoms with Gasteiger partial charge in [0.15, 0.2) is 11.5 Å². The first kappa shape index (κ1) is 28.7. The number of ether oxygens (including phenoxy) is 1. The van der Waals surface area contributed by atoms with E-state index < -0.39 is 0 Å². The van der Waals surface area contributed by atoms with Crippen LogP contribution in [-0.4, -0.2) is 109 Å². The first-order valence-corrected chi connectivity index (χ1v) is 15.5. The van der Waals surface area contributed by atoms with E-state index >= 15 is 0 Å². The van der Waals surface area contributed by atoms with E-state index in [1.807, 2.05) is 34.8 Å². The van der Waals surface area contributed by atoms with Crippen LogP contribution in [0.5, 0.6) is 0 Å². The number of rotatable bonds is 10. The Balaban J connectivity index is 1.12. The van der Waals surface area contributed by atoms with Crippen molar-refractivity contribution in [1.29, 1.82) is 0 Å². The number of aryl methyl sites for hydroxylation is 1. The maximum atomic E-state index is 13.0. The summed E-state index contributed by atoms with van der Waals surface area (Å²) in [5.41, 5.74) is 4.47. The fraction of sp³-hybridized carbons (Fsp3) is 0.552. The maximum Gasteiger partial charge on any atom is 0.244 e. The van der Waals surface area contributed by atoms with Crippen LogP contribution in [0.25, 0.3) is 16.9 Å². The Morgan fingerprint density at radius 1 is 1.14 bits per heavy atom. The molecular weight excluding hydrogens is 552 g/mol. The third kappa shape index (κ3) is 6.64. The molecule has 42 heavy (non-hydrogen) atoms. The Kier molecular flexibility index (Phi) is 8.79. The van der Waals surface area contributed by atoms with Gasteiger partial charge in [-0.2, -0.15) is 9.47 Å². The first-order valence-electron chi connectivity index (χ1n) is 14.8. The average Bonchev–Trinajstić information content (AvgIpc) is 3.72. The molecule has 224 valence electrons. The second kappa shape index (κ2) is 12.9. The molecule has 0 aromatic carbocycles. The summed E-state index contributed by atoms with van der Waals surface area (Å²) in [5.74, 6) is 1.52. The lowest BCUT2D eigenvalue weighted by atomic mass is 10.0. The zero-order chi connectivity index (χ0) is 29.1. The number of anilines is 2. The van der Waals surface area contributed by atoms with Crippen molar-refractivity contribution in [3.63, 3.8) is 0 Å². The molecule has 1 N–H and O–H groups in total. The average molecular weight is 593 g/mol. The lowest BCUT2D eigenvalue weighted by molar-refractivity contribution is -0.133. The van der Waals surface area contributed by atoms with E-state index in [4.69, 9.17) is 19.1 Å². The van der Waals surface area contributed by atoms with E-state index in [9.17, 15) is 4.79 Å². The van der Waals surface area contributed by atoms with E-state index in [2.05, 4.69) is 33.2 Å². The van der Waals surface area contributed by atoms with Crippen LogP contribution in [0.4, 0.5) is 10.8 Å². The van der Waals surface area contributed by atoms with Gasteiger partial charge in [-0.1, -0.05) is 6.92 Å². The number of carbonyl (C=O) groups is 1. The van der Waals surface area contributed by atoms with Gasteiger partial charge in [-0.25, -0.2) is 9.97 Å². The number of piperazine rings is 1. The van der Waals surface area contributed by atoms with Crippen molar-refractivity contribution in [2.24, 2.45) is 5.92 Å². The molecule has 6 rings (SSSR count). The van der Waals surface area contributed by atoms with Gasteiger partial charge in [-0.05, 0) is 49.8 Å². The van der Waals surface area contributed by atoms with Crippen molar-refractivity contribution in [2.75, 3.05) is 64.8 Å². The number of imidazole rings is 1. The molecule has 1 amide bonds. The minimum Gasteiger partial charge on any atom is -0.383 e. The van der Waals surface area contributed by atoms with Gasteiger partial charge in [-0.15, -0.1) is 0 Å². The zero-order valence-electron chi connectivity index (χ0n) is 24.7. The molecule has 4 aromatic heterocycles. The highest BCUT2D eigenvalue weighted by Crippen LogP contribution is 2.28. The second-order valence-electron chi connectivity index (χ2n) is 11.5. The summed E-state index contributed by atoms with van der Waals surface area (Å²) in [6.07, 6.45) is 10.1. The molecule has 4 aromatic rings. The number of carbonyl (C=O) groups excluding carboxylic acids is 1. The lowest BCUT2D eigenvalue weighted by Gasteiger charge is -2.34. The van der Waals surface area contributed by atoms with Crippen molar-refractivity contribution in [3.8, 4) is 11.3 Å². The Hall–Kier alpha value is -3.39. The zero-order valence-corrected chi connectivity index (χ0v) is 25.5. The highest BCUT2D eigenvalue weighted by molar-refractivity contribution is 7.10. The number of hydrogen-bond donors (Lipinski definition) is 1. The number of fused-ring (bicyclic) bond motifs is 1. The van der Waals surface area contributed by atoms with Crippen LogP contribution in [0.2, 0.25) is 0 Å². The number of piperidine rings is 1. The minimum absolute atomic E-state index is 0.0828. The summed E-state index contributed by atoms with van der Waals surface area (Å²) in [5, 5.41) is 8.91. The number of methoxy groups -OCH3 is 1. The molecule has 1 atom stereocenters. The minimum atomic E-state index is 0.0828. The van der Waals surface area contributed by atoms with Gasteiger partial charge in [0.05, 0.1) is 36.1 Å². The largest absolute Gasteiger partial charge is 0.383 e. The highest BCUT2D eigenvalue weighted by atomic mass is 32.1. The fourth-order valence-electron chi connectivity index (χ4n) is 5.89. The molecule has 13 heteroatoms. The molecule has 0 aliphatic carbocycles. The van der Waals surface area contributed by atoms with Crippen molar-refractivity contribution < 1.29 is 9.53 Å². The summed E-state index contributed by atoms with van der Waals surface area (Å²) in [4.78, 5) is 29.2. The molecule has 12 nitrogen and oxygen atoms in total. The molecular formula is C29H40N10O2S. The summed E-state index contributed by atoms with van der Waals surface area (Å²) in [6.45, 7) is 12.5. The van der Waals surface area contributed by atoms with E-state index in [-0.39, 0.29) is 12.5 Å². The van der Waals surface area contributed by atoms with Crippen LogP contribution in [0.1, 0.15) is 31.2 Å². The Morgan fingerprint density at radius 2 is 2.00 bits per heavy atom. The van der Waals surface area contributed by atoms with Gasteiger partial charge >= 0.3 is 0 Å². The quantitative estimate of drug-likeness (QED) is 0.297. The first-order chi connectivity index (χ1) is 20.4. The lowest BCUT2D eigenvalue weighted by Crippen LogP contribution is -2.50. The predicted octanol–water partition coefficient (Wildman–Crippen LogP) is 3.12. The summed E-state index contributed by atoms with van der Waals surface area (Å²) >= 11 is 1.45. The smallest absolute Gasteiger partial charge is 0.244 e. The van der Waals surface area contributed by atoms with Crippen LogP contribution < -0.4 is 5.32 Å². The van der Waals surface area contributed by atoms with Crippen molar-refractivity contribution >= 4 is 33.9 Å². The van der Waals surface area contributed by atoms with Crippen LogP contribution in [0.3, 0.4) is 0 Å². The Morgan fingerprint density at radius 3 is 2.81 bits per heavy atom. The van der Waals surface area contributed by atoms with E-state index in [0.717, 1.165) is 91.6 Å². The summed E-state index contributed by atoms with van der Waals surface area (Å²) in [7, 11) is 1.72. The van der Waals surface area contributed by atoms with Crippen LogP contribution in [-0.2, 0) is 22.6 Å². The van der Waals surface area contributed by atoms with E-state index in [1.165, 1.54) is 24.4 Å². The van der Waals surface area contributed by atoms with Crippen molar-refractivity contribution in [3.05, 3.63) is 42.2 Å². The van der Waals surface area contributed by atoms with Gasteiger partial charge in [-0.3, -0.25) is 23.7 Å². The summed E-state index contributed by atoms with van der Waals surface area (Å²) in [6, 6.07) is 2.12. The van der Waals surface area contributed by atoms with Crippen LogP contribution in [0.15, 0.2) is 30.9 Å². The number of hydrogen-bond acceptors (Lipinski definition) is 10. The molecule has 6 heterocycles. The molecule has 0 bridgehead atoms. The number of amides is 1. The van der Waals surface area contributed by atoms with Crippen molar-refractivity contribution in [2.45, 2.75) is 39.8 Å². The third-order valence-corrected chi connectivity index (χ3v) is 8.85. The molecule has 0 spiro atoms. The second-order valence-corrected chi connectivity index (χ2v) is 12.3. The number of aromatic nitrogens is 6. The molecule has 2 aliphatic rings. The van der Waals surface area contributed by atoms with Crippen LogP contribution in [0, 0.1) is 12.8 Å². The van der Waals surface area contributed by atoms with Gasteiger partial charge in [0.2, 0.25) is 5.91 Å². The van der Waals surface area contributed by atoms with Gasteiger partial charge in [0, 0.05) is 70.9 Å². The van der Waals surface area contributed by atoms with Gasteiger partial charge < -0.3 is 15.0 Å². The van der Waals surface area contributed by atoms with Crippen molar-refractivity contribution in [1.82, 2.24) is 43.2 Å². The Bertz CT molecular complexity index is 1510. The number of likely N-dealkylation sites (tertiary alicyclic amines) is 1. The number of nitrogens with zero attached hydrogens (tertiary/aromatic N) is 9.